The summed E-state index contributed by atoms with van der Waals surface area (Å²) in [4.78, 5) is 31.2. The first-order valence-electron chi connectivity index (χ1n) is 11.7. The molecule has 2 aromatic rings. The van der Waals surface area contributed by atoms with Crippen molar-refractivity contribution < 1.29 is 9.59 Å². The first-order chi connectivity index (χ1) is 16.4. The fraction of sp³-hybridized carbons (Fsp3) is 0.440. The van der Waals surface area contributed by atoms with Gasteiger partial charge in [0.1, 0.15) is 0 Å². The molecule has 5 aliphatic rings. The predicted octanol–water partition coefficient (Wildman–Crippen LogP) is 4.01. The maximum atomic E-state index is 12.5. The molecule has 2 bridgehead atoms. The Bertz CT molecular complexity index is 1170. The van der Waals surface area contributed by atoms with Crippen LogP contribution in [0.5, 0.6) is 0 Å². The Hall–Kier alpha value is -1.77. The fourth-order valence-electron chi connectivity index (χ4n) is 6.04. The number of carbonyl (C=O) groups is 2. The van der Waals surface area contributed by atoms with Crippen LogP contribution in [0, 0.1) is 0 Å². The van der Waals surface area contributed by atoms with Crippen molar-refractivity contribution in [2.75, 3.05) is 18.0 Å². The van der Waals surface area contributed by atoms with Crippen molar-refractivity contribution in [1.82, 2.24) is 15.1 Å². The highest BCUT2D eigenvalue weighted by atomic mass is 35.5. The summed E-state index contributed by atoms with van der Waals surface area (Å²) in [5, 5.41) is 3.57. The zero-order valence-electron chi connectivity index (χ0n) is 18.6. The molecule has 0 aromatic heterocycles. The monoisotopic (exact) mass is 516 g/mol. The van der Waals surface area contributed by atoms with Crippen molar-refractivity contribution in [3.05, 3.63) is 63.1 Å². The van der Waals surface area contributed by atoms with Crippen molar-refractivity contribution >= 4 is 53.3 Å². The van der Waals surface area contributed by atoms with Gasteiger partial charge in [-0.3, -0.25) is 24.7 Å². The number of nitrogens with one attached hydrogen (secondary N) is 1. The van der Waals surface area contributed by atoms with Gasteiger partial charge in [0.15, 0.2) is 0 Å². The van der Waals surface area contributed by atoms with E-state index in [0.29, 0.717) is 41.5 Å². The van der Waals surface area contributed by atoms with E-state index in [1.54, 1.807) is 0 Å². The van der Waals surface area contributed by atoms with Gasteiger partial charge in [-0.1, -0.05) is 47.5 Å². The number of benzene rings is 2. The molecular formula is C25H26Cl2N4O2S. The second-order valence-corrected chi connectivity index (χ2v) is 11.0. The third-order valence-corrected chi connectivity index (χ3v) is 9.21. The molecule has 0 spiro atoms. The number of amides is 2. The second kappa shape index (κ2) is 8.71. The average molecular weight is 517 g/mol. The van der Waals surface area contributed by atoms with E-state index < -0.39 is 0 Å². The largest absolute Gasteiger partial charge is 0.367 e. The number of rotatable bonds is 4. The van der Waals surface area contributed by atoms with Crippen molar-refractivity contribution in [2.24, 2.45) is 0 Å². The van der Waals surface area contributed by atoms with Crippen molar-refractivity contribution in [3.8, 4) is 0 Å². The molecule has 4 saturated heterocycles. The molecule has 2 aromatic carbocycles. The van der Waals surface area contributed by atoms with Crippen LogP contribution in [-0.4, -0.2) is 52.8 Å². The molecule has 5 aliphatic heterocycles. The topological polar surface area (TPSA) is 55.9 Å². The lowest BCUT2D eigenvalue weighted by Crippen LogP contribution is -2.68. The van der Waals surface area contributed by atoms with E-state index >= 15 is 0 Å². The van der Waals surface area contributed by atoms with Crippen LogP contribution in [0.4, 0.5) is 5.69 Å². The summed E-state index contributed by atoms with van der Waals surface area (Å²) < 4.78 is 0. The number of nitrogens with zero attached hydrogens (tertiary/aromatic N) is 3. The highest BCUT2D eigenvalue weighted by molar-refractivity contribution is 7.80. The molecule has 1 N–H and O–H groups in total. The maximum Gasteiger partial charge on any atom is 0.243 e. The third-order valence-electron chi connectivity index (χ3n) is 7.82. The Labute approximate surface area is 214 Å². The highest BCUT2D eigenvalue weighted by Crippen LogP contribution is 2.43. The number of piperidine rings is 2. The maximum absolute atomic E-state index is 12.5. The van der Waals surface area contributed by atoms with E-state index in [-0.39, 0.29) is 23.2 Å². The van der Waals surface area contributed by atoms with Crippen LogP contribution in [0.1, 0.15) is 41.3 Å². The van der Waals surface area contributed by atoms with Gasteiger partial charge in [-0.15, -0.1) is 0 Å². The minimum Gasteiger partial charge on any atom is -0.367 e. The fourth-order valence-corrected chi connectivity index (χ4v) is 6.94. The summed E-state index contributed by atoms with van der Waals surface area (Å²) in [7, 11) is 0. The molecule has 2 amide bonds. The molecule has 178 valence electrons. The zero-order valence-corrected chi connectivity index (χ0v) is 21.0. The van der Waals surface area contributed by atoms with Crippen molar-refractivity contribution in [3.63, 3.8) is 0 Å². The van der Waals surface area contributed by atoms with Crippen LogP contribution in [0.3, 0.4) is 0 Å². The minimum atomic E-state index is -0.320. The Kier molecular flexibility index (Phi) is 5.81. The van der Waals surface area contributed by atoms with E-state index in [9.17, 15) is 9.59 Å². The van der Waals surface area contributed by atoms with E-state index in [4.69, 9.17) is 35.8 Å². The molecule has 34 heavy (non-hydrogen) atoms. The van der Waals surface area contributed by atoms with E-state index in [1.165, 1.54) is 23.1 Å². The summed E-state index contributed by atoms with van der Waals surface area (Å²) in [6.45, 7) is 3.44. The summed E-state index contributed by atoms with van der Waals surface area (Å²) in [6.07, 6.45) is 2.12. The molecular weight excluding hydrogens is 491 g/mol. The normalized spacial score (nSPS) is 29.1. The SMILES string of the molecule is O=C1CCC(N2Cc3c(CN4C5CC4CN(c4cccc(Cl)c4Cl)C5)cccc3C2S)C(=O)N1. The van der Waals surface area contributed by atoms with Gasteiger partial charge in [0.2, 0.25) is 11.8 Å². The standard InChI is InChI=1S/C25H26Cl2N4O2S/c26-19-5-2-6-20(23(19)27)29-11-15-9-16(12-29)30(15)10-14-3-1-4-17-18(14)13-31(25(17)34)21-7-8-22(32)28-24(21)33/h1-6,15-16,21,25,34H,7-13H2,(H,28,32,33). The molecule has 0 radical (unpaired) electrons. The molecule has 9 heteroatoms. The molecule has 4 unspecified atom stereocenters. The van der Waals surface area contributed by atoms with Crippen LogP contribution in [0.2, 0.25) is 10.0 Å². The number of fused-ring (bicyclic) bond motifs is 3. The van der Waals surface area contributed by atoms with Crippen LogP contribution in [0.15, 0.2) is 36.4 Å². The summed E-state index contributed by atoms with van der Waals surface area (Å²) >= 11 is 17.6. The minimum absolute atomic E-state index is 0.143. The molecule has 0 aliphatic carbocycles. The van der Waals surface area contributed by atoms with Crippen molar-refractivity contribution in [1.29, 1.82) is 0 Å². The zero-order chi connectivity index (χ0) is 23.6. The van der Waals surface area contributed by atoms with Crippen LogP contribution in [-0.2, 0) is 22.7 Å². The number of anilines is 1. The number of hydrogen-bond acceptors (Lipinski definition) is 6. The number of piperazine rings is 1. The summed E-state index contributed by atoms with van der Waals surface area (Å²) in [6, 6.07) is 12.9. The Morgan fingerprint density at radius 1 is 1.06 bits per heavy atom. The molecule has 4 atom stereocenters. The molecule has 4 fully saturated rings. The van der Waals surface area contributed by atoms with E-state index in [0.717, 1.165) is 25.3 Å². The number of halogens is 2. The second-order valence-electron chi connectivity index (χ2n) is 9.69. The lowest BCUT2D eigenvalue weighted by molar-refractivity contribution is -0.137. The van der Waals surface area contributed by atoms with Crippen molar-refractivity contribution in [2.45, 2.75) is 55.9 Å². The van der Waals surface area contributed by atoms with E-state index in [1.807, 2.05) is 18.2 Å². The predicted molar refractivity (Wildman–Crippen MR) is 136 cm³/mol. The number of carbonyl (C=O) groups excluding carboxylic acids is 2. The number of hydrogen-bond donors (Lipinski definition) is 2. The van der Waals surface area contributed by atoms with E-state index in [2.05, 4.69) is 38.2 Å². The summed E-state index contributed by atoms with van der Waals surface area (Å²) in [5.41, 5.74) is 4.76. The third kappa shape index (κ3) is 3.73. The lowest BCUT2D eigenvalue weighted by Gasteiger charge is -2.57. The van der Waals surface area contributed by atoms with Crippen LogP contribution < -0.4 is 10.2 Å². The van der Waals surface area contributed by atoms with Gasteiger partial charge in [-0.05, 0) is 41.7 Å². The Morgan fingerprint density at radius 3 is 2.59 bits per heavy atom. The quantitative estimate of drug-likeness (QED) is 0.475. The number of thiol groups is 1. The van der Waals surface area contributed by atoms with Crippen LogP contribution in [0.25, 0.3) is 0 Å². The van der Waals surface area contributed by atoms with Gasteiger partial charge in [0, 0.05) is 44.7 Å². The lowest BCUT2D eigenvalue weighted by atomic mass is 9.86. The average Bonchev–Trinajstić information content (AvgIpc) is 3.16. The van der Waals surface area contributed by atoms with Gasteiger partial charge in [0.25, 0.3) is 0 Å². The Balaban J connectivity index is 1.17. The first kappa shape index (κ1) is 22.7. The van der Waals surface area contributed by atoms with Gasteiger partial charge < -0.3 is 4.90 Å². The molecule has 5 heterocycles. The first-order valence-corrected chi connectivity index (χ1v) is 13.0. The van der Waals surface area contributed by atoms with Gasteiger partial charge in [0.05, 0.1) is 27.1 Å². The van der Waals surface area contributed by atoms with Gasteiger partial charge >= 0.3 is 0 Å². The number of imide groups is 1. The molecule has 6 nitrogen and oxygen atoms in total. The molecule has 0 saturated carbocycles. The van der Waals surface area contributed by atoms with Crippen LogP contribution >= 0.6 is 35.8 Å². The van der Waals surface area contributed by atoms with Gasteiger partial charge in [-0.2, -0.15) is 12.6 Å². The summed E-state index contributed by atoms with van der Waals surface area (Å²) in [5.74, 6) is -0.395. The van der Waals surface area contributed by atoms with Gasteiger partial charge in [-0.25, -0.2) is 0 Å². The Morgan fingerprint density at radius 2 is 1.82 bits per heavy atom. The highest BCUT2D eigenvalue weighted by Gasteiger charge is 2.46. The molecule has 7 rings (SSSR count). The smallest absolute Gasteiger partial charge is 0.243 e.